The van der Waals surface area contributed by atoms with Gasteiger partial charge in [-0.1, -0.05) is 12.1 Å². The Balaban J connectivity index is 1.70. The van der Waals surface area contributed by atoms with Gasteiger partial charge in [0.1, 0.15) is 6.26 Å². The van der Waals surface area contributed by atoms with Crippen LogP contribution < -0.4 is 0 Å². The Labute approximate surface area is 141 Å². The van der Waals surface area contributed by atoms with Crippen LogP contribution in [-0.2, 0) is 6.18 Å². The molecule has 0 saturated carbocycles. The molecule has 0 bridgehead atoms. The molecule has 1 saturated heterocycles. The summed E-state index contributed by atoms with van der Waals surface area (Å²) in [5.74, 6) is -0.903. The highest BCUT2D eigenvalue weighted by Crippen LogP contribution is 2.32. The lowest BCUT2D eigenvalue weighted by atomic mass is 10.1. The molecule has 3 rings (SSSR count). The Bertz CT molecular complexity index is 764. The number of furan rings is 1. The summed E-state index contributed by atoms with van der Waals surface area (Å²) < 4.78 is 44.1. The molecule has 2 amide bonds. The molecule has 1 fully saturated rings. The summed E-state index contributed by atoms with van der Waals surface area (Å²) in [6.07, 6.45) is -1.87. The van der Waals surface area contributed by atoms with Crippen molar-refractivity contribution in [3.8, 4) is 0 Å². The number of hydrogen-bond donors (Lipinski definition) is 0. The number of rotatable bonds is 2. The van der Waals surface area contributed by atoms with Gasteiger partial charge in [0.2, 0.25) is 0 Å². The minimum absolute atomic E-state index is 0.175. The van der Waals surface area contributed by atoms with E-state index in [1.807, 2.05) is 0 Å². The zero-order valence-electron chi connectivity index (χ0n) is 13.1. The summed E-state index contributed by atoms with van der Waals surface area (Å²) in [6.45, 7) is 0.858. The summed E-state index contributed by atoms with van der Waals surface area (Å²) in [4.78, 5) is 27.6. The molecule has 5 nitrogen and oxygen atoms in total. The maximum Gasteiger partial charge on any atom is 0.417 e. The van der Waals surface area contributed by atoms with Gasteiger partial charge >= 0.3 is 6.18 Å². The number of alkyl halides is 3. The molecular formula is C17H15F3N2O3. The zero-order valence-corrected chi connectivity index (χ0v) is 13.1. The van der Waals surface area contributed by atoms with Gasteiger partial charge in [-0.25, -0.2) is 0 Å². The highest BCUT2D eigenvalue weighted by Gasteiger charge is 2.36. The molecule has 0 unspecified atom stereocenters. The van der Waals surface area contributed by atoms with Gasteiger partial charge in [-0.05, 0) is 18.2 Å². The average molecular weight is 352 g/mol. The number of nitrogens with zero attached hydrogens (tertiary/aromatic N) is 2. The smallest absolute Gasteiger partial charge is 0.417 e. The molecule has 2 heterocycles. The van der Waals surface area contributed by atoms with Gasteiger partial charge < -0.3 is 14.2 Å². The van der Waals surface area contributed by atoms with E-state index in [0.717, 1.165) is 6.07 Å². The lowest BCUT2D eigenvalue weighted by Gasteiger charge is -2.35. The topological polar surface area (TPSA) is 53.8 Å². The summed E-state index contributed by atoms with van der Waals surface area (Å²) in [5.41, 5.74) is -0.913. The van der Waals surface area contributed by atoms with Gasteiger partial charge in [0, 0.05) is 26.2 Å². The summed E-state index contributed by atoms with van der Waals surface area (Å²) in [6, 6.07) is 6.27. The van der Waals surface area contributed by atoms with Crippen molar-refractivity contribution in [1.82, 2.24) is 9.80 Å². The van der Waals surface area contributed by atoms with Crippen molar-refractivity contribution in [3.63, 3.8) is 0 Å². The molecule has 0 N–H and O–H groups in total. The lowest BCUT2D eigenvalue weighted by Crippen LogP contribution is -2.50. The van der Waals surface area contributed by atoms with Crippen LogP contribution >= 0.6 is 0 Å². The fourth-order valence-electron chi connectivity index (χ4n) is 2.77. The predicted molar refractivity (Wildman–Crippen MR) is 82.0 cm³/mol. The zero-order chi connectivity index (χ0) is 18.0. The number of amides is 2. The van der Waals surface area contributed by atoms with Crippen molar-refractivity contribution in [1.29, 1.82) is 0 Å². The van der Waals surface area contributed by atoms with Crippen molar-refractivity contribution in [2.45, 2.75) is 6.18 Å². The van der Waals surface area contributed by atoms with E-state index in [2.05, 4.69) is 0 Å². The first kappa shape index (κ1) is 17.1. The van der Waals surface area contributed by atoms with Gasteiger partial charge in [0.15, 0.2) is 0 Å². The average Bonchev–Trinajstić information content (AvgIpc) is 3.14. The molecule has 0 spiro atoms. The largest absolute Gasteiger partial charge is 0.472 e. The molecule has 8 heteroatoms. The van der Waals surface area contributed by atoms with Crippen molar-refractivity contribution in [3.05, 3.63) is 59.5 Å². The highest BCUT2D eigenvalue weighted by atomic mass is 19.4. The maximum absolute atomic E-state index is 13.1. The number of hydrogen-bond acceptors (Lipinski definition) is 3. The van der Waals surface area contributed by atoms with Crippen LogP contribution in [0.2, 0.25) is 0 Å². The van der Waals surface area contributed by atoms with E-state index in [4.69, 9.17) is 4.42 Å². The van der Waals surface area contributed by atoms with Gasteiger partial charge in [-0.2, -0.15) is 13.2 Å². The van der Waals surface area contributed by atoms with Crippen molar-refractivity contribution >= 4 is 11.8 Å². The number of piperazine rings is 1. The monoisotopic (exact) mass is 352 g/mol. The summed E-state index contributed by atoms with van der Waals surface area (Å²) in [7, 11) is 0. The van der Waals surface area contributed by atoms with E-state index in [1.165, 1.54) is 35.6 Å². The molecule has 1 aromatic heterocycles. The molecular weight excluding hydrogens is 337 g/mol. The molecule has 1 aliphatic rings. The van der Waals surface area contributed by atoms with Gasteiger partial charge in [0.05, 0.1) is 23.0 Å². The van der Waals surface area contributed by atoms with Crippen LogP contribution in [0.3, 0.4) is 0 Å². The quantitative estimate of drug-likeness (QED) is 0.835. The Morgan fingerprint density at radius 2 is 1.52 bits per heavy atom. The van der Waals surface area contributed by atoms with E-state index in [0.29, 0.717) is 5.56 Å². The predicted octanol–water partition coefficient (Wildman–Crippen LogP) is 2.90. The Morgan fingerprint density at radius 3 is 2.08 bits per heavy atom. The van der Waals surface area contributed by atoms with Crippen molar-refractivity contribution in [2.24, 2.45) is 0 Å². The summed E-state index contributed by atoms with van der Waals surface area (Å²) >= 11 is 0. The molecule has 1 aromatic carbocycles. The molecule has 1 aliphatic heterocycles. The van der Waals surface area contributed by atoms with Crippen LogP contribution in [0.25, 0.3) is 0 Å². The minimum atomic E-state index is -4.59. The normalized spacial score (nSPS) is 15.3. The number of halogens is 3. The van der Waals surface area contributed by atoms with Crippen LogP contribution in [0.5, 0.6) is 0 Å². The van der Waals surface area contributed by atoms with E-state index in [1.54, 1.807) is 11.0 Å². The van der Waals surface area contributed by atoms with Gasteiger partial charge in [0.25, 0.3) is 11.8 Å². The van der Waals surface area contributed by atoms with Crippen LogP contribution in [0.15, 0.2) is 47.3 Å². The van der Waals surface area contributed by atoms with E-state index in [-0.39, 0.29) is 37.6 Å². The number of carbonyl (C=O) groups excluding carboxylic acids is 2. The Kier molecular flexibility index (Phi) is 4.52. The second-order valence-electron chi connectivity index (χ2n) is 5.64. The third kappa shape index (κ3) is 3.52. The fraction of sp³-hybridized carbons (Fsp3) is 0.294. The second kappa shape index (κ2) is 6.62. The number of benzene rings is 1. The van der Waals surface area contributed by atoms with Crippen LogP contribution in [0.1, 0.15) is 26.3 Å². The second-order valence-corrected chi connectivity index (χ2v) is 5.64. The Morgan fingerprint density at radius 1 is 0.920 bits per heavy atom. The van der Waals surface area contributed by atoms with E-state index in [9.17, 15) is 22.8 Å². The molecule has 0 radical (unpaired) electrons. The third-order valence-electron chi connectivity index (χ3n) is 4.09. The molecule has 2 aromatic rings. The first-order valence-electron chi connectivity index (χ1n) is 7.65. The molecule has 132 valence electrons. The fourth-order valence-corrected chi connectivity index (χ4v) is 2.77. The highest BCUT2D eigenvalue weighted by molar-refractivity contribution is 5.97. The molecule has 25 heavy (non-hydrogen) atoms. The van der Waals surface area contributed by atoms with Crippen molar-refractivity contribution < 1.29 is 27.2 Å². The van der Waals surface area contributed by atoms with E-state index >= 15 is 0 Å². The SMILES string of the molecule is O=C(c1ccoc1)N1CCN(C(=O)c2ccccc2C(F)(F)F)CC1. The first-order chi connectivity index (χ1) is 11.9. The Hall–Kier alpha value is -2.77. The first-order valence-corrected chi connectivity index (χ1v) is 7.65. The van der Waals surface area contributed by atoms with E-state index < -0.39 is 17.6 Å². The number of carbonyl (C=O) groups is 2. The van der Waals surface area contributed by atoms with Gasteiger partial charge in [-0.15, -0.1) is 0 Å². The van der Waals surface area contributed by atoms with Crippen LogP contribution in [-0.4, -0.2) is 47.8 Å². The van der Waals surface area contributed by atoms with Crippen LogP contribution in [0, 0.1) is 0 Å². The van der Waals surface area contributed by atoms with Gasteiger partial charge in [-0.3, -0.25) is 9.59 Å². The third-order valence-corrected chi connectivity index (χ3v) is 4.09. The standard InChI is InChI=1S/C17H15F3N2O3/c18-17(19,20)14-4-2-1-3-13(14)16(24)22-8-6-21(7-9-22)15(23)12-5-10-25-11-12/h1-5,10-11H,6-9H2. The lowest BCUT2D eigenvalue weighted by molar-refractivity contribution is -0.138. The van der Waals surface area contributed by atoms with Crippen molar-refractivity contribution in [2.75, 3.05) is 26.2 Å². The van der Waals surface area contributed by atoms with Crippen LogP contribution in [0.4, 0.5) is 13.2 Å². The molecule has 0 atom stereocenters. The minimum Gasteiger partial charge on any atom is -0.472 e. The maximum atomic E-state index is 13.1. The summed E-state index contributed by atoms with van der Waals surface area (Å²) in [5, 5.41) is 0. The molecule has 0 aliphatic carbocycles.